The SMILES string of the molecule is CCN(CC)Cc1cccc(NCCc2cccs2)c1. The van der Waals surface area contributed by atoms with Gasteiger partial charge >= 0.3 is 0 Å². The summed E-state index contributed by atoms with van der Waals surface area (Å²) < 4.78 is 0. The van der Waals surface area contributed by atoms with E-state index in [1.807, 2.05) is 11.3 Å². The van der Waals surface area contributed by atoms with Crippen molar-refractivity contribution in [3.05, 3.63) is 52.2 Å². The zero-order valence-electron chi connectivity index (χ0n) is 12.4. The molecule has 0 aliphatic heterocycles. The third kappa shape index (κ3) is 4.66. The first-order valence-corrected chi connectivity index (χ1v) is 8.27. The fraction of sp³-hybridized carbons (Fsp3) is 0.412. The number of thiophene rings is 1. The molecule has 20 heavy (non-hydrogen) atoms. The lowest BCUT2D eigenvalue weighted by molar-refractivity contribution is 0.296. The Kier molecular flexibility index (Phi) is 6.09. The van der Waals surface area contributed by atoms with Crippen LogP contribution in [0.2, 0.25) is 0 Å². The molecule has 0 saturated heterocycles. The van der Waals surface area contributed by atoms with Gasteiger partial charge in [-0.2, -0.15) is 0 Å². The van der Waals surface area contributed by atoms with Crippen LogP contribution in [0.4, 0.5) is 5.69 Å². The number of benzene rings is 1. The molecule has 0 aliphatic rings. The van der Waals surface area contributed by atoms with Gasteiger partial charge in [0, 0.05) is 23.7 Å². The Morgan fingerprint density at radius 1 is 1.10 bits per heavy atom. The van der Waals surface area contributed by atoms with E-state index in [0.717, 1.165) is 32.6 Å². The van der Waals surface area contributed by atoms with Gasteiger partial charge in [0.2, 0.25) is 0 Å². The first kappa shape index (κ1) is 15.1. The lowest BCUT2D eigenvalue weighted by Gasteiger charge is -2.18. The van der Waals surface area contributed by atoms with E-state index in [4.69, 9.17) is 0 Å². The highest BCUT2D eigenvalue weighted by Crippen LogP contribution is 2.14. The number of rotatable bonds is 8. The van der Waals surface area contributed by atoms with Crippen LogP contribution in [0.3, 0.4) is 0 Å². The summed E-state index contributed by atoms with van der Waals surface area (Å²) in [6, 6.07) is 13.1. The summed E-state index contributed by atoms with van der Waals surface area (Å²) in [6.45, 7) is 8.67. The number of nitrogens with zero attached hydrogens (tertiary/aromatic N) is 1. The van der Waals surface area contributed by atoms with Gasteiger partial charge in [0.15, 0.2) is 0 Å². The van der Waals surface area contributed by atoms with Crippen molar-refractivity contribution >= 4 is 17.0 Å². The summed E-state index contributed by atoms with van der Waals surface area (Å²) >= 11 is 1.83. The average Bonchev–Trinajstić information content (AvgIpc) is 2.98. The van der Waals surface area contributed by atoms with E-state index in [9.17, 15) is 0 Å². The molecule has 2 rings (SSSR count). The van der Waals surface area contributed by atoms with Crippen molar-refractivity contribution in [2.45, 2.75) is 26.8 Å². The molecule has 0 radical (unpaired) electrons. The molecule has 2 aromatic rings. The number of anilines is 1. The van der Waals surface area contributed by atoms with Crippen molar-refractivity contribution in [2.75, 3.05) is 25.0 Å². The van der Waals surface area contributed by atoms with E-state index in [2.05, 4.69) is 65.8 Å². The highest BCUT2D eigenvalue weighted by Gasteiger charge is 2.02. The predicted molar refractivity (Wildman–Crippen MR) is 89.6 cm³/mol. The van der Waals surface area contributed by atoms with Crippen molar-refractivity contribution in [1.29, 1.82) is 0 Å². The normalized spacial score (nSPS) is 10.9. The molecular weight excluding hydrogens is 264 g/mol. The van der Waals surface area contributed by atoms with E-state index in [-0.39, 0.29) is 0 Å². The number of hydrogen-bond acceptors (Lipinski definition) is 3. The predicted octanol–water partition coefficient (Wildman–Crippen LogP) is 4.24. The Balaban J connectivity index is 1.85. The van der Waals surface area contributed by atoms with Crippen LogP contribution in [-0.2, 0) is 13.0 Å². The van der Waals surface area contributed by atoms with Gasteiger partial charge in [0.1, 0.15) is 0 Å². The highest BCUT2D eigenvalue weighted by molar-refractivity contribution is 7.09. The van der Waals surface area contributed by atoms with Gasteiger partial charge in [-0.25, -0.2) is 0 Å². The molecule has 2 nitrogen and oxygen atoms in total. The zero-order valence-corrected chi connectivity index (χ0v) is 13.2. The lowest BCUT2D eigenvalue weighted by atomic mass is 10.2. The Hall–Kier alpha value is -1.32. The van der Waals surface area contributed by atoms with Gasteiger partial charge in [0.25, 0.3) is 0 Å². The third-order valence-corrected chi connectivity index (χ3v) is 4.44. The third-order valence-electron chi connectivity index (χ3n) is 3.51. The zero-order chi connectivity index (χ0) is 14.2. The van der Waals surface area contributed by atoms with E-state index in [1.54, 1.807) is 0 Å². The smallest absolute Gasteiger partial charge is 0.0343 e. The van der Waals surface area contributed by atoms with Crippen LogP contribution in [0.1, 0.15) is 24.3 Å². The Bertz CT molecular complexity index is 489. The summed E-state index contributed by atoms with van der Waals surface area (Å²) in [4.78, 5) is 3.88. The first-order chi connectivity index (χ1) is 9.81. The van der Waals surface area contributed by atoms with Crippen LogP contribution in [0, 0.1) is 0 Å². The second-order valence-electron chi connectivity index (χ2n) is 4.92. The molecule has 1 heterocycles. The molecule has 0 spiro atoms. The van der Waals surface area contributed by atoms with Crippen LogP contribution in [0.5, 0.6) is 0 Å². The van der Waals surface area contributed by atoms with E-state index in [1.165, 1.54) is 16.1 Å². The quantitative estimate of drug-likeness (QED) is 0.781. The summed E-state index contributed by atoms with van der Waals surface area (Å²) in [6.07, 6.45) is 1.10. The van der Waals surface area contributed by atoms with Gasteiger partial charge in [-0.1, -0.05) is 32.0 Å². The molecule has 0 fully saturated rings. The minimum absolute atomic E-state index is 0.995. The largest absolute Gasteiger partial charge is 0.385 e. The standard InChI is InChI=1S/C17H24N2S/c1-3-19(4-2)14-15-7-5-8-16(13-15)18-11-10-17-9-6-12-20-17/h5-9,12-13,18H,3-4,10-11,14H2,1-2H3. The maximum atomic E-state index is 3.52. The molecule has 0 aliphatic carbocycles. The topological polar surface area (TPSA) is 15.3 Å². The Labute approximate surface area is 126 Å². The molecule has 0 amide bonds. The Morgan fingerprint density at radius 2 is 1.95 bits per heavy atom. The van der Waals surface area contributed by atoms with Crippen molar-refractivity contribution < 1.29 is 0 Å². The molecule has 108 valence electrons. The van der Waals surface area contributed by atoms with Gasteiger partial charge in [-0.15, -0.1) is 11.3 Å². The minimum atomic E-state index is 0.995. The second kappa shape index (κ2) is 8.08. The maximum Gasteiger partial charge on any atom is 0.0343 e. The number of nitrogens with one attached hydrogen (secondary N) is 1. The van der Waals surface area contributed by atoms with E-state index >= 15 is 0 Å². The van der Waals surface area contributed by atoms with Gasteiger partial charge in [0.05, 0.1) is 0 Å². The van der Waals surface area contributed by atoms with Crippen molar-refractivity contribution in [3.8, 4) is 0 Å². The fourth-order valence-electron chi connectivity index (χ4n) is 2.27. The summed E-state index contributed by atoms with van der Waals surface area (Å²) in [5, 5.41) is 5.66. The van der Waals surface area contributed by atoms with E-state index < -0.39 is 0 Å². The summed E-state index contributed by atoms with van der Waals surface area (Å²) in [7, 11) is 0. The molecular formula is C17H24N2S. The van der Waals surface area contributed by atoms with Crippen molar-refractivity contribution in [1.82, 2.24) is 4.90 Å². The van der Waals surface area contributed by atoms with Crippen LogP contribution in [0.15, 0.2) is 41.8 Å². The van der Waals surface area contributed by atoms with Crippen LogP contribution >= 0.6 is 11.3 Å². The summed E-state index contributed by atoms with van der Waals surface area (Å²) in [5.41, 5.74) is 2.61. The van der Waals surface area contributed by atoms with Crippen LogP contribution in [-0.4, -0.2) is 24.5 Å². The minimum Gasteiger partial charge on any atom is -0.385 e. The number of hydrogen-bond donors (Lipinski definition) is 1. The molecule has 0 atom stereocenters. The van der Waals surface area contributed by atoms with Gasteiger partial charge < -0.3 is 5.32 Å². The monoisotopic (exact) mass is 288 g/mol. The van der Waals surface area contributed by atoms with Crippen LogP contribution < -0.4 is 5.32 Å². The molecule has 0 bridgehead atoms. The highest BCUT2D eigenvalue weighted by atomic mass is 32.1. The van der Waals surface area contributed by atoms with Gasteiger partial charge in [-0.05, 0) is 48.7 Å². The van der Waals surface area contributed by atoms with Gasteiger partial charge in [-0.3, -0.25) is 4.90 Å². The van der Waals surface area contributed by atoms with E-state index in [0.29, 0.717) is 0 Å². The van der Waals surface area contributed by atoms with Crippen LogP contribution in [0.25, 0.3) is 0 Å². The molecule has 1 N–H and O–H groups in total. The molecule has 0 unspecified atom stereocenters. The molecule has 1 aromatic carbocycles. The Morgan fingerprint density at radius 3 is 2.65 bits per heavy atom. The van der Waals surface area contributed by atoms with Crippen molar-refractivity contribution in [2.24, 2.45) is 0 Å². The maximum absolute atomic E-state index is 3.52. The first-order valence-electron chi connectivity index (χ1n) is 7.39. The second-order valence-corrected chi connectivity index (χ2v) is 5.95. The molecule has 1 aromatic heterocycles. The lowest BCUT2D eigenvalue weighted by Crippen LogP contribution is -2.22. The summed E-state index contributed by atoms with van der Waals surface area (Å²) in [5.74, 6) is 0. The van der Waals surface area contributed by atoms with Crippen molar-refractivity contribution in [3.63, 3.8) is 0 Å². The average molecular weight is 288 g/mol. The molecule has 3 heteroatoms. The fourth-order valence-corrected chi connectivity index (χ4v) is 2.98. The molecule has 0 saturated carbocycles.